The molecule has 1 aromatic rings. The molecule has 0 amide bonds. The van der Waals surface area contributed by atoms with Crippen LogP contribution in [0.25, 0.3) is 0 Å². The summed E-state index contributed by atoms with van der Waals surface area (Å²) in [6.45, 7) is 0.788. The average molecular weight is 405 g/mol. The van der Waals surface area contributed by atoms with Crippen molar-refractivity contribution < 1.29 is 9.47 Å². The fourth-order valence-corrected chi connectivity index (χ4v) is 2.25. The van der Waals surface area contributed by atoms with E-state index in [-0.39, 0.29) is 24.0 Å². The lowest BCUT2D eigenvalue weighted by atomic mass is 9.83. The molecule has 21 heavy (non-hydrogen) atoms. The van der Waals surface area contributed by atoms with Gasteiger partial charge in [-0.15, -0.1) is 24.0 Å². The summed E-state index contributed by atoms with van der Waals surface area (Å²) in [5.41, 5.74) is 6.72. The first-order valence-corrected chi connectivity index (χ1v) is 7.02. The third kappa shape index (κ3) is 5.26. The van der Waals surface area contributed by atoms with E-state index >= 15 is 0 Å². The zero-order valence-electron chi connectivity index (χ0n) is 12.6. The summed E-state index contributed by atoms with van der Waals surface area (Å²) in [4.78, 5) is 4.35. The Labute approximate surface area is 143 Å². The van der Waals surface area contributed by atoms with Crippen molar-refractivity contribution in [3.8, 4) is 11.5 Å². The molecule has 1 aliphatic rings. The summed E-state index contributed by atoms with van der Waals surface area (Å²) in [5.74, 6) is 2.66. The van der Waals surface area contributed by atoms with Gasteiger partial charge < -0.3 is 20.5 Å². The molecule has 6 heteroatoms. The Morgan fingerprint density at radius 1 is 1.29 bits per heavy atom. The van der Waals surface area contributed by atoms with E-state index in [1.807, 2.05) is 18.2 Å². The maximum Gasteiger partial charge on any atom is 0.193 e. The van der Waals surface area contributed by atoms with Crippen molar-refractivity contribution in [1.82, 2.24) is 0 Å². The Kier molecular flexibility index (Phi) is 7.63. The van der Waals surface area contributed by atoms with E-state index in [4.69, 9.17) is 15.2 Å². The van der Waals surface area contributed by atoms with Crippen molar-refractivity contribution in [1.29, 1.82) is 0 Å². The number of aliphatic imine (C=N–C) groups is 1. The number of anilines is 1. The van der Waals surface area contributed by atoms with Crippen LogP contribution in [0.4, 0.5) is 5.69 Å². The number of ether oxygens (including phenoxy) is 2. The first-order chi connectivity index (χ1) is 9.72. The first kappa shape index (κ1) is 17.9. The van der Waals surface area contributed by atoms with Gasteiger partial charge in [0.15, 0.2) is 17.5 Å². The summed E-state index contributed by atoms with van der Waals surface area (Å²) >= 11 is 0. The molecule has 0 bridgehead atoms. The van der Waals surface area contributed by atoms with Gasteiger partial charge in [-0.2, -0.15) is 0 Å². The summed E-state index contributed by atoms with van der Waals surface area (Å²) in [6, 6.07) is 5.56. The van der Waals surface area contributed by atoms with E-state index in [2.05, 4.69) is 10.3 Å². The lowest BCUT2D eigenvalue weighted by Gasteiger charge is -2.24. The number of halogens is 1. The molecule has 3 N–H and O–H groups in total. The Morgan fingerprint density at radius 3 is 2.57 bits per heavy atom. The predicted molar refractivity (Wildman–Crippen MR) is 97.0 cm³/mol. The molecule has 118 valence electrons. The third-order valence-electron chi connectivity index (χ3n) is 3.70. The maximum atomic E-state index is 5.88. The molecule has 1 aliphatic carbocycles. The SMILES string of the molecule is COc1ccc(NC(N)=NCCC2CCC2)cc1OC.I. The molecule has 0 heterocycles. The van der Waals surface area contributed by atoms with E-state index in [0.717, 1.165) is 24.6 Å². The van der Waals surface area contributed by atoms with Crippen molar-refractivity contribution in [3.63, 3.8) is 0 Å². The number of hydrogen-bond acceptors (Lipinski definition) is 3. The first-order valence-electron chi connectivity index (χ1n) is 7.02. The van der Waals surface area contributed by atoms with Gasteiger partial charge in [-0.1, -0.05) is 19.3 Å². The highest BCUT2D eigenvalue weighted by Gasteiger charge is 2.16. The molecule has 1 fully saturated rings. The highest BCUT2D eigenvalue weighted by Crippen LogP contribution is 2.30. The lowest BCUT2D eigenvalue weighted by Crippen LogP contribution is -2.23. The smallest absolute Gasteiger partial charge is 0.193 e. The van der Waals surface area contributed by atoms with Gasteiger partial charge in [-0.05, 0) is 24.5 Å². The van der Waals surface area contributed by atoms with E-state index in [0.29, 0.717) is 17.5 Å². The Morgan fingerprint density at radius 2 is 2.00 bits per heavy atom. The molecule has 2 rings (SSSR count). The molecular formula is C15H24IN3O2. The van der Waals surface area contributed by atoms with Crippen LogP contribution in [-0.2, 0) is 0 Å². The largest absolute Gasteiger partial charge is 0.493 e. The molecule has 5 nitrogen and oxygen atoms in total. The van der Waals surface area contributed by atoms with Gasteiger partial charge in [0.25, 0.3) is 0 Å². The zero-order chi connectivity index (χ0) is 14.4. The van der Waals surface area contributed by atoms with E-state index in [1.54, 1.807) is 14.2 Å². The van der Waals surface area contributed by atoms with Crippen molar-refractivity contribution >= 4 is 35.6 Å². The molecular weight excluding hydrogens is 381 g/mol. The number of benzene rings is 1. The topological polar surface area (TPSA) is 68.9 Å². The number of nitrogens with one attached hydrogen (secondary N) is 1. The summed E-state index contributed by atoms with van der Waals surface area (Å²) < 4.78 is 10.4. The fraction of sp³-hybridized carbons (Fsp3) is 0.533. The van der Waals surface area contributed by atoms with Crippen LogP contribution in [0.2, 0.25) is 0 Å². The fourth-order valence-electron chi connectivity index (χ4n) is 2.25. The molecule has 0 atom stereocenters. The molecule has 0 spiro atoms. The molecule has 1 aromatic carbocycles. The van der Waals surface area contributed by atoms with E-state index in [9.17, 15) is 0 Å². The lowest BCUT2D eigenvalue weighted by molar-refractivity contribution is 0.300. The van der Waals surface area contributed by atoms with Crippen molar-refractivity contribution in [2.75, 3.05) is 26.1 Å². The second-order valence-electron chi connectivity index (χ2n) is 5.05. The van der Waals surface area contributed by atoms with E-state index < -0.39 is 0 Å². The Balaban J connectivity index is 0.00000220. The van der Waals surface area contributed by atoms with Crippen LogP contribution in [0, 0.1) is 5.92 Å². The van der Waals surface area contributed by atoms with Gasteiger partial charge in [0.2, 0.25) is 0 Å². The summed E-state index contributed by atoms with van der Waals surface area (Å²) in [5, 5.41) is 3.07. The molecule has 0 radical (unpaired) electrons. The van der Waals surface area contributed by atoms with Gasteiger partial charge in [-0.3, -0.25) is 4.99 Å². The number of nitrogens with zero attached hydrogens (tertiary/aromatic N) is 1. The minimum absolute atomic E-state index is 0. The maximum absolute atomic E-state index is 5.88. The van der Waals surface area contributed by atoms with Crippen molar-refractivity contribution in [3.05, 3.63) is 18.2 Å². The van der Waals surface area contributed by atoms with Crippen LogP contribution in [-0.4, -0.2) is 26.7 Å². The average Bonchev–Trinajstić information content (AvgIpc) is 2.41. The number of hydrogen-bond donors (Lipinski definition) is 2. The van der Waals surface area contributed by atoms with Gasteiger partial charge in [-0.25, -0.2) is 0 Å². The second kappa shape index (κ2) is 8.96. The monoisotopic (exact) mass is 405 g/mol. The number of nitrogens with two attached hydrogens (primary N) is 1. The van der Waals surface area contributed by atoms with Crippen molar-refractivity contribution in [2.45, 2.75) is 25.7 Å². The second-order valence-corrected chi connectivity index (χ2v) is 5.05. The molecule has 0 aliphatic heterocycles. The van der Waals surface area contributed by atoms with Gasteiger partial charge in [0.05, 0.1) is 14.2 Å². The zero-order valence-corrected chi connectivity index (χ0v) is 14.9. The van der Waals surface area contributed by atoms with Crippen LogP contribution >= 0.6 is 24.0 Å². The normalized spacial score (nSPS) is 14.9. The molecule has 0 aromatic heterocycles. The number of guanidine groups is 1. The Hall–Kier alpha value is -1.18. The summed E-state index contributed by atoms with van der Waals surface area (Å²) in [7, 11) is 3.22. The van der Waals surface area contributed by atoms with Crippen LogP contribution in [0.5, 0.6) is 11.5 Å². The van der Waals surface area contributed by atoms with Gasteiger partial charge in [0.1, 0.15) is 0 Å². The minimum atomic E-state index is 0. The molecule has 0 unspecified atom stereocenters. The van der Waals surface area contributed by atoms with Crippen LogP contribution < -0.4 is 20.5 Å². The standard InChI is InChI=1S/C15H23N3O2.HI/c1-19-13-7-6-12(10-14(13)20-2)18-15(16)17-9-8-11-4-3-5-11;/h6-7,10-11H,3-5,8-9H2,1-2H3,(H3,16,17,18);1H. The quantitative estimate of drug-likeness (QED) is 0.433. The van der Waals surface area contributed by atoms with Crippen LogP contribution in [0.3, 0.4) is 0 Å². The third-order valence-corrected chi connectivity index (χ3v) is 3.70. The highest BCUT2D eigenvalue weighted by atomic mass is 127. The Bertz CT molecular complexity index is 476. The van der Waals surface area contributed by atoms with Crippen molar-refractivity contribution in [2.24, 2.45) is 16.6 Å². The van der Waals surface area contributed by atoms with E-state index in [1.165, 1.54) is 19.3 Å². The molecule has 1 saturated carbocycles. The number of methoxy groups -OCH3 is 2. The summed E-state index contributed by atoms with van der Waals surface area (Å²) in [6.07, 6.45) is 5.19. The minimum Gasteiger partial charge on any atom is -0.493 e. The predicted octanol–water partition coefficient (Wildman–Crippen LogP) is 3.24. The van der Waals surface area contributed by atoms with Crippen LogP contribution in [0.15, 0.2) is 23.2 Å². The van der Waals surface area contributed by atoms with Crippen LogP contribution in [0.1, 0.15) is 25.7 Å². The van der Waals surface area contributed by atoms with Gasteiger partial charge in [0, 0.05) is 18.3 Å². The molecule has 0 saturated heterocycles. The highest BCUT2D eigenvalue weighted by molar-refractivity contribution is 14.0. The van der Waals surface area contributed by atoms with Gasteiger partial charge >= 0.3 is 0 Å². The number of rotatable bonds is 6.